The molecule has 8 heteroatoms. The number of rotatable bonds is 4. The molecule has 0 aromatic carbocycles. The molecule has 0 amide bonds. The summed E-state index contributed by atoms with van der Waals surface area (Å²) in [6.45, 7) is 1.66. The minimum Gasteiger partial charge on any atom is -0.481 e. The number of hydrogen-bond donors (Lipinski definition) is 2. The van der Waals surface area contributed by atoms with E-state index in [1.165, 1.54) is 12.3 Å². The van der Waals surface area contributed by atoms with Gasteiger partial charge in [-0.05, 0) is 19.8 Å². The first-order chi connectivity index (χ1) is 9.84. The molecule has 21 heavy (non-hydrogen) atoms. The van der Waals surface area contributed by atoms with Gasteiger partial charge in [0.25, 0.3) is 0 Å². The Balaban J connectivity index is 2.32. The SMILES string of the molecule is CC1(C(=O)O)CCCCC1Nc1ncc(Cl)cc1[N+](=O)[O-]. The second-order valence-corrected chi connectivity index (χ2v) is 5.88. The number of carboxylic acids is 1. The highest BCUT2D eigenvalue weighted by atomic mass is 35.5. The fraction of sp³-hybridized carbons (Fsp3) is 0.538. The van der Waals surface area contributed by atoms with Crippen LogP contribution in [0.15, 0.2) is 12.3 Å². The van der Waals surface area contributed by atoms with Gasteiger partial charge in [0.1, 0.15) is 0 Å². The number of hydrogen-bond acceptors (Lipinski definition) is 5. The summed E-state index contributed by atoms with van der Waals surface area (Å²) < 4.78 is 0. The Morgan fingerprint density at radius 3 is 2.95 bits per heavy atom. The Labute approximate surface area is 126 Å². The first-order valence-electron chi connectivity index (χ1n) is 6.64. The molecule has 1 aromatic rings. The molecule has 2 unspecified atom stereocenters. The molecule has 1 heterocycles. The zero-order valence-corrected chi connectivity index (χ0v) is 12.3. The normalized spacial score (nSPS) is 25.3. The average Bonchev–Trinajstić information content (AvgIpc) is 2.42. The van der Waals surface area contributed by atoms with Gasteiger partial charge in [0, 0.05) is 18.3 Å². The second-order valence-electron chi connectivity index (χ2n) is 5.44. The summed E-state index contributed by atoms with van der Waals surface area (Å²) in [6.07, 6.45) is 4.17. The highest BCUT2D eigenvalue weighted by Crippen LogP contribution is 2.39. The van der Waals surface area contributed by atoms with Crippen LogP contribution >= 0.6 is 11.6 Å². The van der Waals surface area contributed by atoms with Crippen molar-refractivity contribution in [2.45, 2.75) is 38.6 Å². The number of aromatic nitrogens is 1. The van der Waals surface area contributed by atoms with Crippen molar-refractivity contribution in [3.63, 3.8) is 0 Å². The first kappa shape index (κ1) is 15.5. The number of anilines is 1. The maximum Gasteiger partial charge on any atom is 0.312 e. The van der Waals surface area contributed by atoms with Gasteiger partial charge in [-0.3, -0.25) is 14.9 Å². The minimum absolute atomic E-state index is 0.0591. The standard InChI is InChI=1S/C13H16ClN3O4/c1-13(12(18)19)5-3-2-4-10(13)16-11-9(17(20)21)6-8(14)7-15-11/h6-7,10H,2-5H2,1H3,(H,15,16)(H,18,19). The molecule has 1 aliphatic carbocycles. The second kappa shape index (κ2) is 5.85. The number of carbonyl (C=O) groups is 1. The van der Waals surface area contributed by atoms with E-state index in [-0.39, 0.29) is 16.5 Å². The molecule has 0 spiro atoms. The van der Waals surface area contributed by atoms with E-state index in [0.29, 0.717) is 12.8 Å². The third kappa shape index (κ3) is 3.07. The van der Waals surface area contributed by atoms with Gasteiger partial charge in [-0.1, -0.05) is 24.4 Å². The maximum absolute atomic E-state index is 11.5. The predicted molar refractivity (Wildman–Crippen MR) is 77.5 cm³/mol. The summed E-state index contributed by atoms with van der Waals surface area (Å²) in [5.74, 6) is -0.847. The topological polar surface area (TPSA) is 105 Å². The largest absolute Gasteiger partial charge is 0.481 e. The van der Waals surface area contributed by atoms with Gasteiger partial charge < -0.3 is 10.4 Å². The molecular formula is C13H16ClN3O4. The molecular weight excluding hydrogens is 298 g/mol. The highest BCUT2D eigenvalue weighted by Gasteiger charge is 2.44. The Kier molecular flexibility index (Phi) is 4.32. The van der Waals surface area contributed by atoms with Crippen molar-refractivity contribution >= 4 is 29.1 Å². The van der Waals surface area contributed by atoms with Crippen LogP contribution in [0.2, 0.25) is 5.02 Å². The first-order valence-corrected chi connectivity index (χ1v) is 7.02. The van der Waals surface area contributed by atoms with Crippen molar-refractivity contribution in [1.82, 2.24) is 4.98 Å². The summed E-state index contributed by atoms with van der Waals surface area (Å²) in [5, 5.41) is 23.6. The van der Waals surface area contributed by atoms with Crippen molar-refractivity contribution < 1.29 is 14.8 Å². The number of halogens is 1. The van der Waals surface area contributed by atoms with Crippen LogP contribution in [0.1, 0.15) is 32.6 Å². The summed E-state index contributed by atoms with van der Waals surface area (Å²) in [4.78, 5) is 26.0. The van der Waals surface area contributed by atoms with Crippen molar-refractivity contribution in [2.24, 2.45) is 5.41 Å². The van der Waals surface area contributed by atoms with Gasteiger partial charge in [-0.2, -0.15) is 0 Å². The van der Waals surface area contributed by atoms with Crippen LogP contribution in [0.5, 0.6) is 0 Å². The summed E-state index contributed by atoms with van der Waals surface area (Å²) >= 11 is 5.72. The van der Waals surface area contributed by atoms with Gasteiger partial charge in [0.05, 0.1) is 15.4 Å². The Morgan fingerprint density at radius 1 is 1.62 bits per heavy atom. The van der Waals surface area contributed by atoms with Crippen LogP contribution in [0.4, 0.5) is 11.5 Å². The fourth-order valence-corrected chi connectivity index (χ4v) is 2.82. The molecule has 0 saturated heterocycles. The third-order valence-electron chi connectivity index (χ3n) is 4.04. The van der Waals surface area contributed by atoms with E-state index in [1.54, 1.807) is 6.92 Å². The number of pyridine rings is 1. The van der Waals surface area contributed by atoms with Gasteiger partial charge >= 0.3 is 11.7 Å². The van der Waals surface area contributed by atoms with Crippen LogP contribution in [-0.2, 0) is 4.79 Å². The van der Waals surface area contributed by atoms with Gasteiger partial charge in [-0.25, -0.2) is 4.98 Å². The lowest BCUT2D eigenvalue weighted by Crippen LogP contribution is -2.46. The number of aliphatic carboxylic acids is 1. The van der Waals surface area contributed by atoms with E-state index >= 15 is 0 Å². The van der Waals surface area contributed by atoms with Crippen molar-refractivity contribution in [3.8, 4) is 0 Å². The monoisotopic (exact) mass is 313 g/mol. The van der Waals surface area contributed by atoms with E-state index in [2.05, 4.69) is 10.3 Å². The average molecular weight is 314 g/mol. The van der Waals surface area contributed by atoms with E-state index < -0.39 is 22.3 Å². The summed E-state index contributed by atoms with van der Waals surface area (Å²) in [5.41, 5.74) is -1.21. The molecule has 1 aromatic heterocycles. The molecule has 114 valence electrons. The number of carboxylic acid groups (broad SMARTS) is 1. The predicted octanol–water partition coefficient (Wildman–Crippen LogP) is 3.09. The van der Waals surface area contributed by atoms with Gasteiger partial charge in [0.15, 0.2) is 0 Å². The van der Waals surface area contributed by atoms with E-state index in [9.17, 15) is 20.0 Å². The fourth-order valence-electron chi connectivity index (χ4n) is 2.66. The van der Waals surface area contributed by atoms with Gasteiger partial charge in [0.2, 0.25) is 5.82 Å². The summed E-state index contributed by atoms with van der Waals surface area (Å²) in [7, 11) is 0. The van der Waals surface area contributed by atoms with Crippen molar-refractivity contribution in [2.75, 3.05) is 5.32 Å². The highest BCUT2D eigenvalue weighted by molar-refractivity contribution is 6.30. The summed E-state index contributed by atoms with van der Waals surface area (Å²) in [6, 6.07) is 0.800. The molecule has 0 aliphatic heterocycles. The number of nitro groups is 1. The zero-order chi connectivity index (χ0) is 15.6. The van der Waals surface area contributed by atoms with Crippen LogP contribution in [-0.4, -0.2) is 27.0 Å². The van der Waals surface area contributed by atoms with E-state index in [4.69, 9.17) is 11.6 Å². The lowest BCUT2D eigenvalue weighted by Gasteiger charge is -2.38. The van der Waals surface area contributed by atoms with Crippen molar-refractivity contribution in [1.29, 1.82) is 0 Å². The number of nitrogens with one attached hydrogen (secondary N) is 1. The molecule has 0 radical (unpaired) electrons. The molecule has 2 rings (SSSR count). The minimum atomic E-state index is -0.965. The molecule has 2 atom stereocenters. The molecule has 2 N–H and O–H groups in total. The van der Waals surface area contributed by atoms with E-state index in [1.807, 2.05) is 0 Å². The van der Waals surface area contributed by atoms with Crippen LogP contribution in [0, 0.1) is 15.5 Å². The lowest BCUT2D eigenvalue weighted by atomic mass is 9.71. The lowest BCUT2D eigenvalue weighted by molar-refractivity contribution is -0.384. The third-order valence-corrected chi connectivity index (χ3v) is 4.25. The molecule has 0 bridgehead atoms. The van der Waals surface area contributed by atoms with Crippen LogP contribution in [0.25, 0.3) is 0 Å². The van der Waals surface area contributed by atoms with Crippen LogP contribution < -0.4 is 5.32 Å². The maximum atomic E-state index is 11.5. The molecule has 1 aliphatic rings. The van der Waals surface area contributed by atoms with Crippen LogP contribution in [0.3, 0.4) is 0 Å². The molecule has 1 saturated carbocycles. The van der Waals surface area contributed by atoms with Gasteiger partial charge in [-0.15, -0.1) is 0 Å². The Bertz CT molecular complexity index is 581. The Hall–Kier alpha value is -1.89. The zero-order valence-electron chi connectivity index (χ0n) is 11.5. The quantitative estimate of drug-likeness (QED) is 0.653. The van der Waals surface area contributed by atoms with Crippen molar-refractivity contribution in [3.05, 3.63) is 27.4 Å². The smallest absolute Gasteiger partial charge is 0.312 e. The molecule has 1 fully saturated rings. The Morgan fingerprint density at radius 2 is 2.33 bits per heavy atom. The number of nitrogens with zero attached hydrogens (tertiary/aromatic N) is 2. The van der Waals surface area contributed by atoms with E-state index in [0.717, 1.165) is 12.8 Å². The molecule has 7 nitrogen and oxygen atoms in total.